The third kappa shape index (κ3) is 3.09. The Hall–Kier alpha value is -3.67. The second-order valence-corrected chi connectivity index (χ2v) is 6.59. The van der Waals surface area contributed by atoms with Gasteiger partial charge in [0.05, 0.1) is 11.3 Å². The standard InChI is InChI=1S/C22H17FN2O3/c1-13-7-8-15(11-14(13)2)25-22(27)18(21(26)24-25)12-16-9-10-20(28-16)17-5-3-4-6-19(17)23/h3-12H,1-2H3,(H,24,26)/b18-12+. The Kier molecular flexibility index (Phi) is 4.31. The van der Waals surface area contributed by atoms with Crippen LogP contribution in [0.15, 0.2) is 64.6 Å². The van der Waals surface area contributed by atoms with Crippen LogP contribution in [-0.4, -0.2) is 11.8 Å². The Balaban J connectivity index is 1.63. The van der Waals surface area contributed by atoms with Crippen molar-refractivity contribution in [1.29, 1.82) is 0 Å². The van der Waals surface area contributed by atoms with E-state index in [2.05, 4.69) is 5.43 Å². The smallest absolute Gasteiger partial charge is 0.282 e. The van der Waals surface area contributed by atoms with Crippen LogP contribution in [0.2, 0.25) is 0 Å². The molecule has 5 nitrogen and oxygen atoms in total. The van der Waals surface area contributed by atoms with E-state index in [0.717, 1.165) is 11.1 Å². The lowest BCUT2D eigenvalue weighted by molar-refractivity contribution is -0.117. The van der Waals surface area contributed by atoms with Gasteiger partial charge in [0.2, 0.25) is 0 Å². The maximum atomic E-state index is 13.9. The minimum absolute atomic E-state index is 0.0485. The number of hydrogen-bond donors (Lipinski definition) is 1. The lowest BCUT2D eigenvalue weighted by Gasteiger charge is -2.15. The summed E-state index contributed by atoms with van der Waals surface area (Å²) >= 11 is 0. The van der Waals surface area contributed by atoms with E-state index in [9.17, 15) is 14.0 Å². The average molecular weight is 376 g/mol. The third-order valence-electron chi connectivity index (χ3n) is 4.69. The van der Waals surface area contributed by atoms with Crippen molar-refractivity contribution in [2.45, 2.75) is 13.8 Å². The van der Waals surface area contributed by atoms with Crippen LogP contribution in [0, 0.1) is 19.7 Å². The van der Waals surface area contributed by atoms with Gasteiger partial charge in [-0.2, -0.15) is 0 Å². The summed E-state index contributed by atoms with van der Waals surface area (Å²) < 4.78 is 19.5. The highest BCUT2D eigenvalue weighted by Gasteiger charge is 2.34. The Labute approximate surface area is 161 Å². The van der Waals surface area contributed by atoms with Gasteiger partial charge in [-0.1, -0.05) is 18.2 Å². The van der Waals surface area contributed by atoms with Gasteiger partial charge in [-0.05, 0) is 67.4 Å². The molecule has 1 aliphatic heterocycles. The number of aryl methyl sites for hydroxylation is 2. The zero-order valence-corrected chi connectivity index (χ0v) is 15.3. The van der Waals surface area contributed by atoms with Gasteiger partial charge in [-0.15, -0.1) is 0 Å². The number of anilines is 1. The quantitative estimate of drug-likeness (QED) is 0.551. The molecule has 2 heterocycles. The van der Waals surface area contributed by atoms with Gasteiger partial charge >= 0.3 is 0 Å². The van der Waals surface area contributed by atoms with E-state index in [-0.39, 0.29) is 5.57 Å². The number of carbonyl (C=O) groups is 2. The number of nitrogens with one attached hydrogen (secondary N) is 1. The van der Waals surface area contributed by atoms with Crippen LogP contribution < -0.4 is 10.4 Å². The number of amides is 2. The molecule has 1 saturated heterocycles. The molecule has 0 bridgehead atoms. The summed E-state index contributed by atoms with van der Waals surface area (Å²) in [5, 5.41) is 1.21. The maximum Gasteiger partial charge on any atom is 0.282 e. The van der Waals surface area contributed by atoms with Crippen molar-refractivity contribution in [3.05, 3.63) is 82.9 Å². The SMILES string of the molecule is Cc1ccc(N2NC(=O)/C(=C\c3ccc(-c4ccccc4F)o3)C2=O)cc1C. The van der Waals surface area contributed by atoms with Crippen molar-refractivity contribution in [3.63, 3.8) is 0 Å². The molecule has 4 rings (SSSR count). The van der Waals surface area contributed by atoms with Crippen LogP contribution in [0.4, 0.5) is 10.1 Å². The zero-order valence-electron chi connectivity index (χ0n) is 15.3. The van der Waals surface area contributed by atoms with E-state index in [4.69, 9.17) is 4.42 Å². The summed E-state index contributed by atoms with van der Waals surface area (Å²) in [6.07, 6.45) is 1.36. The van der Waals surface area contributed by atoms with Crippen LogP contribution in [0.25, 0.3) is 17.4 Å². The number of hydrogen-bond acceptors (Lipinski definition) is 3. The molecule has 1 N–H and O–H groups in total. The lowest BCUT2D eigenvalue weighted by Crippen LogP contribution is -2.35. The summed E-state index contributed by atoms with van der Waals surface area (Å²) in [4.78, 5) is 25.0. The normalized spacial score (nSPS) is 15.4. The first-order valence-corrected chi connectivity index (χ1v) is 8.73. The first-order chi connectivity index (χ1) is 13.4. The number of furan rings is 1. The first kappa shape index (κ1) is 17.7. The molecule has 0 radical (unpaired) electrons. The van der Waals surface area contributed by atoms with E-state index in [1.54, 1.807) is 36.4 Å². The Morgan fingerprint density at radius 2 is 1.79 bits per heavy atom. The molecule has 3 aromatic rings. The van der Waals surface area contributed by atoms with Crippen molar-refractivity contribution >= 4 is 23.6 Å². The molecule has 0 unspecified atom stereocenters. The van der Waals surface area contributed by atoms with Gasteiger partial charge in [0.25, 0.3) is 11.8 Å². The van der Waals surface area contributed by atoms with Gasteiger partial charge in [0, 0.05) is 0 Å². The predicted molar refractivity (Wildman–Crippen MR) is 104 cm³/mol. The van der Waals surface area contributed by atoms with Gasteiger partial charge in [0.1, 0.15) is 22.9 Å². The molecule has 0 saturated carbocycles. The average Bonchev–Trinajstić information content (AvgIpc) is 3.24. The highest BCUT2D eigenvalue weighted by molar-refractivity contribution is 6.31. The summed E-state index contributed by atoms with van der Waals surface area (Å²) in [6.45, 7) is 3.91. The Morgan fingerprint density at radius 1 is 1.00 bits per heavy atom. The lowest BCUT2D eigenvalue weighted by atomic mass is 10.1. The van der Waals surface area contributed by atoms with Crippen LogP contribution in [0.5, 0.6) is 0 Å². The number of hydrazine groups is 1. The molecule has 2 aromatic carbocycles. The highest BCUT2D eigenvalue weighted by Crippen LogP contribution is 2.27. The van der Waals surface area contributed by atoms with E-state index in [1.807, 2.05) is 26.0 Å². The molecule has 140 valence electrons. The van der Waals surface area contributed by atoms with Crippen LogP contribution in [-0.2, 0) is 9.59 Å². The molecule has 6 heteroatoms. The fraction of sp³-hybridized carbons (Fsp3) is 0.0909. The van der Waals surface area contributed by atoms with Gasteiger partial charge < -0.3 is 4.42 Å². The second-order valence-electron chi connectivity index (χ2n) is 6.59. The fourth-order valence-corrected chi connectivity index (χ4v) is 2.98. The van der Waals surface area contributed by atoms with Crippen molar-refractivity contribution in [3.8, 4) is 11.3 Å². The van der Waals surface area contributed by atoms with Crippen molar-refractivity contribution < 1.29 is 18.4 Å². The predicted octanol–water partition coefficient (Wildman–Crippen LogP) is 4.16. The van der Waals surface area contributed by atoms with Crippen LogP contribution in [0.3, 0.4) is 0 Å². The molecule has 0 spiro atoms. The summed E-state index contributed by atoms with van der Waals surface area (Å²) in [6, 6.07) is 14.9. The molecular weight excluding hydrogens is 359 g/mol. The van der Waals surface area contributed by atoms with Crippen molar-refractivity contribution in [1.82, 2.24) is 5.43 Å². The minimum Gasteiger partial charge on any atom is -0.457 e. The van der Waals surface area contributed by atoms with Crippen molar-refractivity contribution in [2.24, 2.45) is 0 Å². The maximum absolute atomic E-state index is 13.9. The minimum atomic E-state index is -0.521. The topological polar surface area (TPSA) is 62.6 Å². The van der Waals surface area contributed by atoms with Gasteiger partial charge in [0.15, 0.2) is 0 Å². The van der Waals surface area contributed by atoms with Gasteiger partial charge in [-0.25, -0.2) is 9.40 Å². The third-order valence-corrected chi connectivity index (χ3v) is 4.69. The molecule has 28 heavy (non-hydrogen) atoms. The zero-order chi connectivity index (χ0) is 19.8. The second kappa shape index (κ2) is 6.81. The van der Waals surface area contributed by atoms with Crippen LogP contribution in [0.1, 0.15) is 16.9 Å². The number of benzene rings is 2. The first-order valence-electron chi connectivity index (χ1n) is 8.73. The number of nitrogens with zero attached hydrogens (tertiary/aromatic N) is 1. The Bertz CT molecular complexity index is 1130. The van der Waals surface area contributed by atoms with Gasteiger partial charge in [-0.3, -0.25) is 15.0 Å². The molecular formula is C22H17FN2O3. The van der Waals surface area contributed by atoms with E-state index in [1.165, 1.54) is 17.2 Å². The van der Waals surface area contributed by atoms with E-state index >= 15 is 0 Å². The molecule has 2 amide bonds. The largest absolute Gasteiger partial charge is 0.457 e. The molecule has 1 aliphatic rings. The van der Waals surface area contributed by atoms with E-state index in [0.29, 0.717) is 22.8 Å². The van der Waals surface area contributed by atoms with Crippen LogP contribution >= 0.6 is 0 Å². The summed E-state index contributed by atoms with van der Waals surface area (Å²) in [5.41, 5.74) is 5.51. The monoisotopic (exact) mass is 376 g/mol. The van der Waals surface area contributed by atoms with E-state index < -0.39 is 17.6 Å². The van der Waals surface area contributed by atoms with Crippen molar-refractivity contribution in [2.75, 3.05) is 5.01 Å². The number of rotatable bonds is 3. The summed E-state index contributed by atoms with van der Waals surface area (Å²) in [7, 11) is 0. The Morgan fingerprint density at radius 3 is 2.54 bits per heavy atom. The molecule has 0 atom stereocenters. The molecule has 0 aliphatic carbocycles. The number of halogens is 1. The molecule has 1 aromatic heterocycles. The summed E-state index contributed by atoms with van der Waals surface area (Å²) in [5.74, 6) is -0.795. The highest BCUT2D eigenvalue weighted by atomic mass is 19.1. The fourth-order valence-electron chi connectivity index (χ4n) is 2.98. The number of carbonyl (C=O) groups excluding carboxylic acids is 2. The molecule has 1 fully saturated rings.